The molecule has 0 aliphatic carbocycles. The van der Waals surface area contributed by atoms with E-state index in [1.54, 1.807) is 12.5 Å². The van der Waals surface area contributed by atoms with Gasteiger partial charge in [-0.15, -0.1) is 0 Å². The van der Waals surface area contributed by atoms with Gasteiger partial charge < -0.3 is 4.42 Å². The van der Waals surface area contributed by atoms with Gasteiger partial charge in [0, 0.05) is 28.9 Å². The molecule has 0 saturated heterocycles. The summed E-state index contributed by atoms with van der Waals surface area (Å²) in [7, 11) is 0. The zero-order valence-electron chi connectivity index (χ0n) is 8.05. The number of nitrogens with zero attached hydrogens (tertiary/aromatic N) is 1. The molecule has 15 heavy (non-hydrogen) atoms. The molecule has 0 fully saturated rings. The summed E-state index contributed by atoms with van der Waals surface area (Å²) < 4.78 is 5.09. The van der Waals surface area contributed by atoms with Crippen LogP contribution in [0.4, 0.5) is 0 Å². The SMILES string of the molecule is c1ccc2c(-c3ccoc3)cncc2c1. The minimum atomic E-state index is 1.07. The third kappa shape index (κ3) is 1.31. The first-order valence-corrected chi connectivity index (χ1v) is 4.80. The molecular formula is C13H9NO. The Bertz CT molecular complexity index is 579. The van der Waals surface area contributed by atoms with E-state index in [1.807, 2.05) is 30.6 Å². The molecule has 0 bridgehead atoms. The average molecular weight is 195 g/mol. The zero-order chi connectivity index (χ0) is 10.1. The zero-order valence-corrected chi connectivity index (χ0v) is 8.05. The van der Waals surface area contributed by atoms with Crippen LogP contribution < -0.4 is 0 Å². The van der Waals surface area contributed by atoms with Crippen molar-refractivity contribution >= 4 is 10.8 Å². The second-order valence-corrected chi connectivity index (χ2v) is 3.42. The van der Waals surface area contributed by atoms with Crippen molar-refractivity contribution < 1.29 is 4.42 Å². The van der Waals surface area contributed by atoms with Gasteiger partial charge in [-0.1, -0.05) is 24.3 Å². The molecule has 0 radical (unpaired) electrons. The van der Waals surface area contributed by atoms with Crippen LogP contribution in [-0.2, 0) is 0 Å². The smallest absolute Gasteiger partial charge is 0.0981 e. The highest BCUT2D eigenvalue weighted by Crippen LogP contribution is 2.27. The Morgan fingerprint density at radius 2 is 1.93 bits per heavy atom. The van der Waals surface area contributed by atoms with E-state index in [9.17, 15) is 0 Å². The summed E-state index contributed by atoms with van der Waals surface area (Å²) in [4.78, 5) is 4.23. The van der Waals surface area contributed by atoms with Crippen molar-refractivity contribution in [3.05, 3.63) is 55.3 Å². The molecule has 2 aromatic heterocycles. The van der Waals surface area contributed by atoms with Gasteiger partial charge in [0.25, 0.3) is 0 Å². The normalized spacial score (nSPS) is 10.7. The lowest BCUT2D eigenvalue weighted by molar-refractivity contribution is 0.568. The van der Waals surface area contributed by atoms with Crippen molar-refractivity contribution in [2.45, 2.75) is 0 Å². The van der Waals surface area contributed by atoms with Crippen molar-refractivity contribution in [1.82, 2.24) is 4.98 Å². The lowest BCUT2D eigenvalue weighted by atomic mass is 10.0. The monoisotopic (exact) mass is 195 g/mol. The van der Waals surface area contributed by atoms with Gasteiger partial charge in [0.2, 0.25) is 0 Å². The molecule has 3 aromatic rings. The van der Waals surface area contributed by atoms with Crippen molar-refractivity contribution in [2.24, 2.45) is 0 Å². The number of benzene rings is 1. The maximum atomic E-state index is 5.09. The average Bonchev–Trinajstić information content (AvgIpc) is 2.82. The van der Waals surface area contributed by atoms with Gasteiger partial charge in [-0.05, 0) is 11.5 Å². The summed E-state index contributed by atoms with van der Waals surface area (Å²) in [6.07, 6.45) is 7.16. The van der Waals surface area contributed by atoms with Gasteiger partial charge in [-0.25, -0.2) is 0 Å². The molecule has 0 saturated carbocycles. The molecule has 0 amide bonds. The summed E-state index contributed by atoms with van der Waals surface area (Å²) in [5.74, 6) is 0. The van der Waals surface area contributed by atoms with E-state index < -0.39 is 0 Å². The third-order valence-electron chi connectivity index (χ3n) is 2.50. The number of aromatic nitrogens is 1. The molecule has 0 atom stereocenters. The van der Waals surface area contributed by atoms with Crippen LogP contribution in [0, 0.1) is 0 Å². The lowest BCUT2D eigenvalue weighted by Crippen LogP contribution is -1.81. The van der Waals surface area contributed by atoms with Gasteiger partial charge in [0.1, 0.15) is 0 Å². The summed E-state index contributed by atoms with van der Waals surface area (Å²) in [6, 6.07) is 10.2. The standard InChI is InChI=1S/C13H9NO/c1-2-4-12-10(3-1)7-14-8-13(12)11-5-6-15-9-11/h1-9H. The molecule has 72 valence electrons. The molecule has 0 unspecified atom stereocenters. The van der Waals surface area contributed by atoms with Crippen LogP contribution in [0.2, 0.25) is 0 Å². The second-order valence-electron chi connectivity index (χ2n) is 3.42. The van der Waals surface area contributed by atoms with Gasteiger partial charge in [-0.3, -0.25) is 4.98 Å². The Labute approximate surface area is 87.2 Å². The number of hydrogen-bond acceptors (Lipinski definition) is 2. The van der Waals surface area contributed by atoms with Crippen LogP contribution in [0.1, 0.15) is 0 Å². The molecule has 1 aromatic carbocycles. The Balaban J connectivity index is 2.36. The highest BCUT2D eigenvalue weighted by atomic mass is 16.3. The number of hydrogen-bond donors (Lipinski definition) is 0. The van der Waals surface area contributed by atoms with Crippen LogP contribution in [-0.4, -0.2) is 4.98 Å². The first kappa shape index (κ1) is 8.24. The highest BCUT2D eigenvalue weighted by molar-refractivity contribution is 5.95. The first-order valence-electron chi connectivity index (χ1n) is 4.80. The van der Waals surface area contributed by atoms with Crippen molar-refractivity contribution in [3.8, 4) is 11.1 Å². The predicted octanol–water partition coefficient (Wildman–Crippen LogP) is 3.49. The van der Waals surface area contributed by atoms with E-state index in [0.717, 1.165) is 16.5 Å². The van der Waals surface area contributed by atoms with Gasteiger partial charge in [0.15, 0.2) is 0 Å². The van der Waals surface area contributed by atoms with Crippen LogP contribution in [0.5, 0.6) is 0 Å². The van der Waals surface area contributed by atoms with E-state index in [4.69, 9.17) is 4.42 Å². The fraction of sp³-hybridized carbons (Fsp3) is 0. The summed E-state index contributed by atoms with van der Waals surface area (Å²) in [5.41, 5.74) is 2.18. The second kappa shape index (κ2) is 3.24. The van der Waals surface area contributed by atoms with E-state index in [2.05, 4.69) is 17.1 Å². The number of pyridine rings is 1. The first-order chi connectivity index (χ1) is 7.45. The van der Waals surface area contributed by atoms with Crippen LogP contribution in [0.25, 0.3) is 21.9 Å². The Kier molecular flexibility index (Phi) is 1.78. The van der Waals surface area contributed by atoms with E-state index in [1.165, 1.54) is 5.39 Å². The van der Waals surface area contributed by atoms with Crippen LogP contribution >= 0.6 is 0 Å². The fourth-order valence-electron chi connectivity index (χ4n) is 1.76. The lowest BCUT2D eigenvalue weighted by Gasteiger charge is -2.02. The van der Waals surface area contributed by atoms with E-state index in [-0.39, 0.29) is 0 Å². The molecule has 0 spiro atoms. The summed E-state index contributed by atoms with van der Waals surface area (Å²) >= 11 is 0. The topological polar surface area (TPSA) is 26.0 Å². The maximum Gasteiger partial charge on any atom is 0.0981 e. The molecule has 2 heteroatoms. The quantitative estimate of drug-likeness (QED) is 0.594. The fourth-order valence-corrected chi connectivity index (χ4v) is 1.76. The Morgan fingerprint density at radius 3 is 2.80 bits per heavy atom. The molecular weight excluding hydrogens is 186 g/mol. The molecule has 0 aliphatic rings. The van der Waals surface area contributed by atoms with Gasteiger partial charge in [0.05, 0.1) is 12.5 Å². The van der Waals surface area contributed by atoms with Crippen molar-refractivity contribution in [2.75, 3.05) is 0 Å². The largest absolute Gasteiger partial charge is 0.472 e. The number of furan rings is 1. The van der Waals surface area contributed by atoms with Gasteiger partial charge in [-0.2, -0.15) is 0 Å². The minimum absolute atomic E-state index is 1.07. The van der Waals surface area contributed by atoms with Crippen LogP contribution in [0.3, 0.4) is 0 Å². The predicted molar refractivity (Wildman–Crippen MR) is 59.4 cm³/mol. The van der Waals surface area contributed by atoms with E-state index in [0.29, 0.717) is 0 Å². The number of rotatable bonds is 1. The molecule has 3 rings (SSSR count). The maximum absolute atomic E-state index is 5.09. The molecule has 0 N–H and O–H groups in total. The Hall–Kier alpha value is -2.09. The summed E-state index contributed by atoms with van der Waals surface area (Å²) in [5, 5.41) is 2.35. The van der Waals surface area contributed by atoms with Gasteiger partial charge >= 0.3 is 0 Å². The van der Waals surface area contributed by atoms with E-state index >= 15 is 0 Å². The minimum Gasteiger partial charge on any atom is -0.472 e. The van der Waals surface area contributed by atoms with Crippen LogP contribution in [0.15, 0.2) is 59.7 Å². The Morgan fingerprint density at radius 1 is 1.00 bits per heavy atom. The molecule has 0 aliphatic heterocycles. The third-order valence-corrected chi connectivity index (χ3v) is 2.50. The number of fused-ring (bicyclic) bond motifs is 1. The van der Waals surface area contributed by atoms with Crippen molar-refractivity contribution in [1.29, 1.82) is 0 Å². The summed E-state index contributed by atoms with van der Waals surface area (Å²) in [6.45, 7) is 0. The molecule has 2 heterocycles. The molecule has 2 nitrogen and oxygen atoms in total. The highest BCUT2D eigenvalue weighted by Gasteiger charge is 2.04. The van der Waals surface area contributed by atoms with Crippen molar-refractivity contribution in [3.63, 3.8) is 0 Å².